The van der Waals surface area contributed by atoms with E-state index in [1.165, 1.54) is 69.0 Å². The van der Waals surface area contributed by atoms with E-state index in [2.05, 4.69) is 140 Å². The second kappa shape index (κ2) is 8.72. The first kappa shape index (κ1) is 22.7. The third-order valence-corrected chi connectivity index (χ3v) is 9.70. The summed E-state index contributed by atoms with van der Waals surface area (Å²) in [5.74, 6) is 0. The monoisotopic (exact) mass is 537 g/mol. The van der Waals surface area contributed by atoms with Crippen molar-refractivity contribution in [2.45, 2.75) is 0 Å². The first-order valence-corrected chi connectivity index (χ1v) is 14.8. The predicted molar refractivity (Wildman–Crippen MR) is 178 cm³/mol. The minimum atomic E-state index is 1.00. The molecule has 0 N–H and O–H groups in total. The zero-order valence-corrected chi connectivity index (χ0v) is 23.0. The standard InChI is InChI=1S/C39H23NS/c1-2-12-28-24(10-1)27-11-3-4-14-32(27)38-33(28)22-23-36(40-38)30-18-8-15-25-26(30)16-7-17-29(25)34-19-9-20-35-31-13-5-6-21-37(31)41-39(34)35/h1-23H. The van der Waals surface area contributed by atoms with Crippen LogP contribution >= 0.6 is 11.3 Å². The lowest BCUT2D eigenvalue weighted by Crippen LogP contribution is -1.91. The summed E-state index contributed by atoms with van der Waals surface area (Å²) in [4.78, 5) is 5.36. The maximum absolute atomic E-state index is 5.36. The Morgan fingerprint density at radius 3 is 1.61 bits per heavy atom. The van der Waals surface area contributed by atoms with Gasteiger partial charge in [0.25, 0.3) is 0 Å². The van der Waals surface area contributed by atoms with Crippen molar-refractivity contribution >= 4 is 74.7 Å². The zero-order valence-electron chi connectivity index (χ0n) is 22.1. The van der Waals surface area contributed by atoms with E-state index in [1.807, 2.05) is 11.3 Å². The Hall–Kier alpha value is -5.05. The molecule has 0 unspecified atom stereocenters. The van der Waals surface area contributed by atoms with Crippen molar-refractivity contribution in [2.75, 3.05) is 0 Å². The molecule has 2 heteroatoms. The first-order valence-electron chi connectivity index (χ1n) is 14.0. The second-order valence-electron chi connectivity index (χ2n) is 10.7. The number of hydrogen-bond acceptors (Lipinski definition) is 2. The Morgan fingerprint density at radius 1 is 0.341 bits per heavy atom. The fourth-order valence-corrected chi connectivity index (χ4v) is 7.87. The highest BCUT2D eigenvalue weighted by atomic mass is 32.1. The highest BCUT2D eigenvalue weighted by Crippen LogP contribution is 2.43. The van der Waals surface area contributed by atoms with Gasteiger partial charge in [0.2, 0.25) is 0 Å². The topological polar surface area (TPSA) is 12.9 Å². The molecule has 0 aliphatic heterocycles. The van der Waals surface area contributed by atoms with Crippen LogP contribution in [0.4, 0.5) is 0 Å². The van der Waals surface area contributed by atoms with Crippen molar-refractivity contribution in [3.63, 3.8) is 0 Å². The number of fused-ring (bicyclic) bond motifs is 10. The van der Waals surface area contributed by atoms with Gasteiger partial charge in [0, 0.05) is 42.1 Å². The molecule has 0 amide bonds. The van der Waals surface area contributed by atoms with E-state index in [0.717, 1.165) is 16.8 Å². The summed E-state index contributed by atoms with van der Waals surface area (Å²) in [7, 11) is 0. The maximum atomic E-state index is 5.36. The third-order valence-electron chi connectivity index (χ3n) is 8.48. The van der Waals surface area contributed by atoms with Crippen molar-refractivity contribution in [3.8, 4) is 22.4 Å². The van der Waals surface area contributed by atoms with E-state index in [1.54, 1.807) is 0 Å². The summed E-state index contributed by atoms with van der Waals surface area (Å²) in [5, 5.41) is 11.3. The maximum Gasteiger partial charge on any atom is 0.0794 e. The molecule has 0 saturated heterocycles. The fourth-order valence-electron chi connectivity index (χ4n) is 6.64. The minimum absolute atomic E-state index is 1.00. The largest absolute Gasteiger partial charge is 0.247 e. The Bertz CT molecular complexity index is 2450. The van der Waals surface area contributed by atoms with Gasteiger partial charge in [0.1, 0.15) is 0 Å². The lowest BCUT2D eigenvalue weighted by atomic mass is 9.93. The Morgan fingerprint density at radius 2 is 0.854 bits per heavy atom. The molecule has 0 fully saturated rings. The predicted octanol–water partition coefficient (Wildman–Crippen LogP) is 11.4. The quantitative estimate of drug-likeness (QED) is 0.200. The van der Waals surface area contributed by atoms with Crippen LogP contribution in [-0.4, -0.2) is 4.98 Å². The Labute approximate surface area is 240 Å². The second-order valence-corrected chi connectivity index (χ2v) is 11.7. The van der Waals surface area contributed by atoms with Crippen LogP contribution in [0.2, 0.25) is 0 Å². The average molecular weight is 538 g/mol. The fraction of sp³-hybridized carbons (Fsp3) is 0. The highest BCUT2D eigenvalue weighted by molar-refractivity contribution is 7.26. The van der Waals surface area contributed by atoms with Crippen molar-refractivity contribution in [2.24, 2.45) is 0 Å². The molecule has 0 aliphatic carbocycles. The van der Waals surface area contributed by atoms with Gasteiger partial charge in [-0.05, 0) is 50.7 Å². The van der Waals surface area contributed by atoms with Crippen molar-refractivity contribution in [3.05, 3.63) is 140 Å². The van der Waals surface area contributed by atoms with Crippen LogP contribution in [-0.2, 0) is 0 Å². The van der Waals surface area contributed by atoms with Gasteiger partial charge in [-0.25, -0.2) is 4.98 Å². The van der Waals surface area contributed by atoms with Gasteiger partial charge < -0.3 is 0 Å². The summed E-state index contributed by atoms with van der Waals surface area (Å²) < 4.78 is 2.67. The molecule has 0 bridgehead atoms. The van der Waals surface area contributed by atoms with Crippen LogP contribution in [0, 0.1) is 0 Å². The molecule has 9 rings (SSSR count). The van der Waals surface area contributed by atoms with E-state index >= 15 is 0 Å². The molecule has 0 atom stereocenters. The number of pyridine rings is 1. The van der Waals surface area contributed by atoms with E-state index < -0.39 is 0 Å². The van der Waals surface area contributed by atoms with Crippen molar-refractivity contribution in [1.82, 2.24) is 4.98 Å². The molecule has 2 heterocycles. The Balaban J connectivity index is 1.30. The minimum Gasteiger partial charge on any atom is -0.247 e. The smallest absolute Gasteiger partial charge is 0.0794 e. The summed E-state index contributed by atoms with van der Waals surface area (Å²) in [5.41, 5.74) is 5.77. The summed E-state index contributed by atoms with van der Waals surface area (Å²) in [6.45, 7) is 0. The highest BCUT2D eigenvalue weighted by Gasteiger charge is 2.15. The lowest BCUT2D eigenvalue weighted by molar-refractivity contribution is 1.42. The molecule has 2 aromatic heterocycles. The Kier molecular flexibility index (Phi) is 4.84. The molecular formula is C39H23NS. The number of benzene rings is 7. The molecule has 1 nitrogen and oxygen atoms in total. The molecule has 9 aromatic rings. The van der Waals surface area contributed by atoms with Gasteiger partial charge in [-0.3, -0.25) is 0 Å². The first-order chi connectivity index (χ1) is 20.3. The number of rotatable bonds is 2. The van der Waals surface area contributed by atoms with E-state index in [9.17, 15) is 0 Å². The van der Waals surface area contributed by atoms with Gasteiger partial charge in [0.05, 0.1) is 11.2 Å². The van der Waals surface area contributed by atoms with Gasteiger partial charge in [-0.1, -0.05) is 121 Å². The van der Waals surface area contributed by atoms with Crippen LogP contribution < -0.4 is 0 Å². The van der Waals surface area contributed by atoms with Crippen LogP contribution in [0.5, 0.6) is 0 Å². The molecule has 190 valence electrons. The summed E-state index contributed by atoms with van der Waals surface area (Å²) in [6, 6.07) is 50.5. The SMILES string of the molecule is c1ccc2c(c1)sc1c(-c3cccc4c(-c5ccc6c7ccccc7c7ccccc7c6n5)cccc34)cccc12. The molecule has 0 saturated carbocycles. The van der Waals surface area contributed by atoms with Crippen molar-refractivity contribution in [1.29, 1.82) is 0 Å². The van der Waals surface area contributed by atoms with Gasteiger partial charge in [-0.2, -0.15) is 0 Å². The van der Waals surface area contributed by atoms with Crippen LogP contribution in [0.1, 0.15) is 0 Å². The summed E-state index contributed by atoms with van der Waals surface area (Å²) >= 11 is 1.88. The zero-order chi connectivity index (χ0) is 26.9. The molecule has 7 aromatic carbocycles. The normalized spacial score (nSPS) is 11.9. The van der Waals surface area contributed by atoms with Gasteiger partial charge in [0.15, 0.2) is 0 Å². The average Bonchev–Trinajstić information content (AvgIpc) is 3.43. The number of nitrogens with zero attached hydrogens (tertiary/aromatic N) is 1. The molecule has 41 heavy (non-hydrogen) atoms. The number of aromatic nitrogens is 1. The van der Waals surface area contributed by atoms with E-state index in [0.29, 0.717) is 0 Å². The molecule has 0 radical (unpaired) electrons. The number of hydrogen-bond donors (Lipinski definition) is 0. The lowest BCUT2D eigenvalue weighted by Gasteiger charge is -2.14. The van der Waals surface area contributed by atoms with Gasteiger partial charge >= 0.3 is 0 Å². The van der Waals surface area contributed by atoms with E-state index in [-0.39, 0.29) is 0 Å². The van der Waals surface area contributed by atoms with Crippen LogP contribution in [0.15, 0.2) is 140 Å². The molecule has 0 aliphatic rings. The van der Waals surface area contributed by atoms with E-state index in [4.69, 9.17) is 4.98 Å². The third kappa shape index (κ3) is 3.32. The molecular weight excluding hydrogens is 515 g/mol. The van der Waals surface area contributed by atoms with Crippen LogP contribution in [0.3, 0.4) is 0 Å². The molecule has 0 spiro atoms. The van der Waals surface area contributed by atoms with Gasteiger partial charge in [-0.15, -0.1) is 11.3 Å². The van der Waals surface area contributed by atoms with Crippen molar-refractivity contribution < 1.29 is 0 Å². The number of thiophene rings is 1. The summed E-state index contributed by atoms with van der Waals surface area (Å²) in [6.07, 6.45) is 0. The van der Waals surface area contributed by atoms with Crippen LogP contribution in [0.25, 0.3) is 85.8 Å².